The minimum absolute atomic E-state index is 0.661. The van der Waals surface area contributed by atoms with Crippen molar-refractivity contribution in [3.63, 3.8) is 0 Å². The highest BCUT2D eigenvalue weighted by molar-refractivity contribution is 7.93. The summed E-state index contributed by atoms with van der Waals surface area (Å²) in [5.41, 5.74) is 0.661. The van der Waals surface area contributed by atoms with Gasteiger partial charge in [-0.2, -0.15) is 4.36 Å². The highest BCUT2D eigenvalue weighted by Crippen LogP contribution is 2.23. The number of hydrogen-bond donors (Lipinski definition) is 0. The fraction of sp³-hybridized carbons (Fsp3) is 0.200. The molecule has 4 nitrogen and oxygen atoms in total. The van der Waals surface area contributed by atoms with E-state index in [1.807, 2.05) is 0 Å². The molecule has 0 saturated heterocycles. The molecule has 2 aromatic rings. The number of nitrogens with zero attached hydrogens (tertiary/aromatic N) is 1. The maximum Gasteiger partial charge on any atom is 0.119 e. The predicted molar refractivity (Wildman–Crippen MR) is 80.4 cm³/mol. The lowest BCUT2D eigenvalue weighted by molar-refractivity contribution is 0.414. The molecule has 0 spiro atoms. The maximum atomic E-state index is 12.7. The number of methoxy groups -OCH3 is 2. The van der Waals surface area contributed by atoms with E-state index < -0.39 is 9.73 Å². The van der Waals surface area contributed by atoms with Gasteiger partial charge in [-0.25, -0.2) is 4.21 Å². The van der Waals surface area contributed by atoms with Crippen LogP contribution in [0.5, 0.6) is 11.5 Å². The molecule has 0 heterocycles. The van der Waals surface area contributed by atoms with E-state index in [0.717, 1.165) is 11.5 Å². The lowest BCUT2D eigenvalue weighted by atomic mass is 10.3. The highest BCUT2D eigenvalue weighted by atomic mass is 32.2. The Morgan fingerprint density at radius 3 is 1.75 bits per heavy atom. The summed E-state index contributed by atoms with van der Waals surface area (Å²) in [4.78, 5) is 0.675. The SMILES string of the molecule is COc1ccc(N=S(C)(=O)c2ccc(OC)cc2)cc1. The molecular weight excluding hydrogens is 274 g/mol. The third kappa shape index (κ3) is 3.30. The Balaban J connectivity index is 2.36. The molecule has 1 atom stereocenters. The van der Waals surface area contributed by atoms with Gasteiger partial charge in [-0.15, -0.1) is 0 Å². The molecule has 0 aliphatic rings. The smallest absolute Gasteiger partial charge is 0.119 e. The van der Waals surface area contributed by atoms with E-state index in [9.17, 15) is 4.21 Å². The van der Waals surface area contributed by atoms with E-state index in [0.29, 0.717) is 10.6 Å². The van der Waals surface area contributed by atoms with Crippen LogP contribution in [0.4, 0.5) is 5.69 Å². The molecule has 0 bridgehead atoms. The number of ether oxygens (including phenoxy) is 2. The topological polar surface area (TPSA) is 47.9 Å². The number of benzene rings is 2. The first-order valence-electron chi connectivity index (χ1n) is 6.05. The van der Waals surface area contributed by atoms with Crippen molar-refractivity contribution < 1.29 is 13.7 Å². The van der Waals surface area contributed by atoms with Crippen LogP contribution in [0.3, 0.4) is 0 Å². The van der Waals surface area contributed by atoms with Crippen LogP contribution in [0.1, 0.15) is 0 Å². The average molecular weight is 291 g/mol. The largest absolute Gasteiger partial charge is 0.497 e. The zero-order valence-corrected chi connectivity index (χ0v) is 12.5. The summed E-state index contributed by atoms with van der Waals surface area (Å²) >= 11 is 0. The molecule has 2 rings (SSSR count). The van der Waals surface area contributed by atoms with Crippen LogP contribution in [0.25, 0.3) is 0 Å². The third-order valence-corrected chi connectivity index (χ3v) is 4.55. The molecular formula is C15H17NO3S. The Hall–Kier alpha value is -2.01. The van der Waals surface area contributed by atoms with Crippen molar-refractivity contribution in [2.24, 2.45) is 4.36 Å². The molecule has 0 radical (unpaired) electrons. The van der Waals surface area contributed by atoms with Crippen LogP contribution in [0.15, 0.2) is 57.8 Å². The van der Waals surface area contributed by atoms with Crippen LogP contribution < -0.4 is 9.47 Å². The van der Waals surface area contributed by atoms with Crippen molar-refractivity contribution in [3.05, 3.63) is 48.5 Å². The fourth-order valence-corrected chi connectivity index (χ4v) is 3.00. The summed E-state index contributed by atoms with van der Waals surface area (Å²) in [7, 11) is 0.722. The van der Waals surface area contributed by atoms with E-state index in [1.165, 1.54) is 0 Å². The van der Waals surface area contributed by atoms with E-state index in [1.54, 1.807) is 69.0 Å². The molecule has 0 aliphatic heterocycles. The third-order valence-electron chi connectivity index (χ3n) is 2.85. The van der Waals surface area contributed by atoms with Crippen LogP contribution >= 0.6 is 0 Å². The lowest BCUT2D eigenvalue weighted by Crippen LogP contribution is -1.97. The van der Waals surface area contributed by atoms with Gasteiger partial charge in [0.25, 0.3) is 0 Å². The summed E-state index contributed by atoms with van der Waals surface area (Å²) < 4.78 is 27.2. The van der Waals surface area contributed by atoms with Crippen molar-refractivity contribution in [2.45, 2.75) is 4.90 Å². The highest BCUT2D eigenvalue weighted by Gasteiger charge is 2.06. The van der Waals surface area contributed by atoms with Crippen LogP contribution in [-0.4, -0.2) is 24.7 Å². The number of rotatable bonds is 4. The molecule has 0 aliphatic carbocycles. The maximum absolute atomic E-state index is 12.7. The van der Waals surface area contributed by atoms with Gasteiger partial charge in [0.1, 0.15) is 11.5 Å². The second-order valence-electron chi connectivity index (χ2n) is 4.27. The zero-order valence-electron chi connectivity index (χ0n) is 11.7. The molecule has 20 heavy (non-hydrogen) atoms. The van der Waals surface area contributed by atoms with E-state index in [-0.39, 0.29) is 0 Å². The molecule has 0 N–H and O–H groups in total. The van der Waals surface area contributed by atoms with E-state index >= 15 is 0 Å². The first kappa shape index (κ1) is 14.4. The van der Waals surface area contributed by atoms with Gasteiger partial charge in [0.05, 0.1) is 29.6 Å². The Labute approximate surface area is 119 Å². The monoisotopic (exact) mass is 291 g/mol. The molecule has 2 aromatic carbocycles. The van der Waals surface area contributed by atoms with Crippen molar-refractivity contribution in [2.75, 3.05) is 20.5 Å². The standard InChI is InChI=1S/C15H17NO3S/c1-18-13-6-4-12(5-7-13)16-20(3,17)15-10-8-14(19-2)9-11-15/h4-11H,1-3H3. The Bertz CT molecular complexity index is 684. The Kier molecular flexibility index (Phi) is 4.29. The van der Waals surface area contributed by atoms with Crippen molar-refractivity contribution in [3.8, 4) is 11.5 Å². The fourth-order valence-electron chi connectivity index (χ4n) is 1.73. The summed E-state index contributed by atoms with van der Waals surface area (Å²) in [5, 5.41) is 0. The van der Waals surface area contributed by atoms with Gasteiger partial charge in [-0.3, -0.25) is 0 Å². The zero-order chi connectivity index (χ0) is 14.6. The van der Waals surface area contributed by atoms with Gasteiger partial charge in [0.2, 0.25) is 0 Å². The predicted octanol–water partition coefficient (Wildman–Crippen LogP) is 3.49. The second-order valence-corrected chi connectivity index (χ2v) is 6.53. The van der Waals surface area contributed by atoms with Gasteiger partial charge in [-0.1, -0.05) is 0 Å². The molecule has 5 heteroatoms. The first-order chi connectivity index (χ1) is 9.55. The van der Waals surface area contributed by atoms with Crippen molar-refractivity contribution >= 4 is 15.4 Å². The molecule has 106 valence electrons. The van der Waals surface area contributed by atoms with Gasteiger partial charge in [-0.05, 0) is 48.5 Å². The van der Waals surface area contributed by atoms with Crippen LogP contribution in [0, 0.1) is 0 Å². The Morgan fingerprint density at radius 2 is 1.30 bits per heavy atom. The van der Waals surface area contributed by atoms with Crippen LogP contribution in [0.2, 0.25) is 0 Å². The van der Waals surface area contributed by atoms with Crippen molar-refractivity contribution in [1.82, 2.24) is 0 Å². The molecule has 0 amide bonds. The Morgan fingerprint density at radius 1 is 0.850 bits per heavy atom. The normalized spacial score (nSPS) is 13.3. The summed E-state index contributed by atoms with van der Waals surface area (Å²) in [6.07, 6.45) is 1.62. The lowest BCUT2D eigenvalue weighted by Gasteiger charge is -2.06. The van der Waals surface area contributed by atoms with E-state index in [2.05, 4.69) is 4.36 Å². The van der Waals surface area contributed by atoms with Gasteiger partial charge in [0, 0.05) is 11.2 Å². The first-order valence-corrected chi connectivity index (χ1v) is 7.98. The van der Waals surface area contributed by atoms with Gasteiger partial charge in [0.15, 0.2) is 0 Å². The van der Waals surface area contributed by atoms with Crippen molar-refractivity contribution in [1.29, 1.82) is 0 Å². The van der Waals surface area contributed by atoms with Gasteiger partial charge < -0.3 is 9.47 Å². The summed E-state index contributed by atoms with van der Waals surface area (Å²) in [5.74, 6) is 1.48. The molecule has 0 fully saturated rings. The summed E-state index contributed by atoms with van der Waals surface area (Å²) in [6, 6.07) is 14.3. The number of hydrogen-bond acceptors (Lipinski definition) is 4. The van der Waals surface area contributed by atoms with E-state index in [4.69, 9.17) is 9.47 Å². The minimum Gasteiger partial charge on any atom is -0.497 e. The average Bonchev–Trinajstić information content (AvgIpc) is 2.48. The molecule has 0 aromatic heterocycles. The van der Waals surface area contributed by atoms with Gasteiger partial charge >= 0.3 is 0 Å². The molecule has 1 unspecified atom stereocenters. The second kappa shape index (κ2) is 5.96. The van der Waals surface area contributed by atoms with Crippen LogP contribution in [-0.2, 0) is 9.73 Å². The quantitative estimate of drug-likeness (QED) is 0.866. The molecule has 0 saturated carbocycles. The summed E-state index contributed by atoms with van der Waals surface area (Å²) in [6.45, 7) is 0. The minimum atomic E-state index is -2.48.